The summed E-state index contributed by atoms with van der Waals surface area (Å²) in [5.41, 5.74) is 4.54. The van der Waals surface area contributed by atoms with E-state index < -0.39 is 18.3 Å². The van der Waals surface area contributed by atoms with Crippen molar-refractivity contribution < 1.29 is 27.1 Å². The van der Waals surface area contributed by atoms with E-state index in [1.54, 1.807) is 6.92 Å². The van der Waals surface area contributed by atoms with Gasteiger partial charge in [-0.2, -0.15) is 17.6 Å². The molecule has 0 rings (SSSR count). The molecular weight excluding hydrogens is 182 g/mol. The van der Waals surface area contributed by atoms with Gasteiger partial charge >= 0.3 is 18.3 Å². The lowest BCUT2D eigenvalue weighted by Gasteiger charge is -1.89. The molecule has 3 nitrogen and oxygen atoms in total. The number of ether oxygens (including phenoxy) is 1. The molecule has 0 bridgehead atoms. The maximum Gasteiger partial charge on any atom is 0.404 e. The number of hydrogen-bond acceptors (Lipinski definition) is 2. The van der Waals surface area contributed by atoms with Crippen molar-refractivity contribution in [2.24, 2.45) is 5.73 Å². The van der Waals surface area contributed by atoms with Gasteiger partial charge in [0.2, 0.25) is 0 Å². The van der Waals surface area contributed by atoms with Gasteiger partial charge in [0.15, 0.2) is 0 Å². The smallest absolute Gasteiger partial charge is 0.404 e. The normalized spacial score (nSPS) is 7.75. The Balaban J connectivity index is 0. The minimum absolute atomic E-state index is 0.356. The average molecular weight is 189 g/mol. The first-order chi connectivity index (χ1) is 5.41. The van der Waals surface area contributed by atoms with Crippen LogP contribution in [0.25, 0.3) is 0 Å². The van der Waals surface area contributed by atoms with Gasteiger partial charge in [-0.1, -0.05) is 0 Å². The third-order valence-electron chi connectivity index (χ3n) is 0.429. The lowest BCUT2D eigenvalue weighted by Crippen LogP contribution is -2.11. The Labute approximate surface area is 65.8 Å². The van der Waals surface area contributed by atoms with E-state index in [2.05, 4.69) is 10.5 Å². The van der Waals surface area contributed by atoms with Crippen LogP contribution in [-0.4, -0.2) is 12.7 Å². The summed E-state index contributed by atoms with van der Waals surface area (Å²) in [4.78, 5) is 9.60. The van der Waals surface area contributed by atoms with E-state index in [0.717, 1.165) is 0 Å². The number of halogens is 4. The van der Waals surface area contributed by atoms with Crippen LogP contribution in [0.5, 0.6) is 0 Å². The largest absolute Gasteiger partial charge is 0.450 e. The lowest BCUT2D eigenvalue weighted by molar-refractivity contribution is 0.163. The third-order valence-corrected chi connectivity index (χ3v) is 0.429. The molecule has 0 unspecified atom stereocenters. The van der Waals surface area contributed by atoms with Crippen LogP contribution in [0, 0.1) is 0 Å². The fourth-order valence-electron chi connectivity index (χ4n) is 0.142. The van der Waals surface area contributed by atoms with Crippen LogP contribution in [-0.2, 0) is 4.74 Å². The molecular formula is C5H7F4NO2. The summed E-state index contributed by atoms with van der Waals surface area (Å²) in [5.74, 6) is 0. The van der Waals surface area contributed by atoms with Crippen molar-refractivity contribution in [3.05, 3.63) is 12.2 Å². The molecule has 0 spiro atoms. The van der Waals surface area contributed by atoms with Crippen molar-refractivity contribution in [1.82, 2.24) is 0 Å². The van der Waals surface area contributed by atoms with Crippen LogP contribution in [0.3, 0.4) is 0 Å². The predicted octanol–water partition coefficient (Wildman–Crippen LogP) is 2.09. The van der Waals surface area contributed by atoms with E-state index in [9.17, 15) is 22.4 Å². The molecule has 7 heteroatoms. The minimum Gasteiger partial charge on any atom is -0.450 e. The van der Waals surface area contributed by atoms with Gasteiger partial charge in [-0.3, -0.25) is 0 Å². The fourth-order valence-corrected chi connectivity index (χ4v) is 0.142. The second-order valence-electron chi connectivity index (χ2n) is 1.27. The standard InChI is InChI=1S/C3H7NO2.C2F4/c1-2-6-3(4)5;3-1(4)2(5)6/h2H2,1H3,(H2,4,5);. The summed E-state index contributed by atoms with van der Waals surface area (Å²) >= 11 is 0. The quantitative estimate of drug-likeness (QED) is 0.642. The molecule has 0 aliphatic carbocycles. The first-order valence-electron chi connectivity index (χ1n) is 2.70. The maximum absolute atomic E-state index is 10.3. The summed E-state index contributed by atoms with van der Waals surface area (Å²) in [6.45, 7) is 2.06. The van der Waals surface area contributed by atoms with Crippen LogP contribution in [0.1, 0.15) is 6.92 Å². The van der Waals surface area contributed by atoms with E-state index in [0.29, 0.717) is 6.61 Å². The Morgan fingerprint density at radius 1 is 1.25 bits per heavy atom. The van der Waals surface area contributed by atoms with E-state index >= 15 is 0 Å². The molecule has 0 aromatic heterocycles. The zero-order valence-electron chi connectivity index (χ0n) is 6.11. The van der Waals surface area contributed by atoms with Crippen LogP contribution in [0.4, 0.5) is 22.4 Å². The highest BCUT2D eigenvalue weighted by atomic mass is 19.3. The number of primary amides is 1. The van der Waals surface area contributed by atoms with Gasteiger partial charge in [0.05, 0.1) is 6.61 Å². The molecule has 1 amide bonds. The van der Waals surface area contributed by atoms with Crippen molar-refractivity contribution in [2.45, 2.75) is 6.92 Å². The van der Waals surface area contributed by atoms with Gasteiger partial charge < -0.3 is 10.5 Å². The van der Waals surface area contributed by atoms with Gasteiger partial charge in [-0.25, -0.2) is 4.79 Å². The highest BCUT2D eigenvalue weighted by molar-refractivity contribution is 5.64. The second kappa shape index (κ2) is 7.83. The Morgan fingerprint density at radius 2 is 1.58 bits per heavy atom. The Morgan fingerprint density at radius 3 is 1.58 bits per heavy atom. The zero-order valence-corrected chi connectivity index (χ0v) is 6.11. The topological polar surface area (TPSA) is 52.3 Å². The van der Waals surface area contributed by atoms with E-state index in [4.69, 9.17) is 0 Å². The number of carbonyl (C=O) groups excluding carboxylic acids is 1. The molecule has 72 valence electrons. The first kappa shape index (κ1) is 13.3. The number of hydrogen-bond donors (Lipinski definition) is 1. The van der Waals surface area contributed by atoms with Crippen LogP contribution >= 0.6 is 0 Å². The van der Waals surface area contributed by atoms with Crippen LogP contribution in [0.15, 0.2) is 12.2 Å². The molecule has 12 heavy (non-hydrogen) atoms. The molecule has 0 aliphatic heterocycles. The van der Waals surface area contributed by atoms with Gasteiger partial charge in [-0.05, 0) is 6.92 Å². The van der Waals surface area contributed by atoms with Gasteiger partial charge in [0.25, 0.3) is 0 Å². The highest BCUT2D eigenvalue weighted by Gasteiger charge is 1.98. The number of nitrogens with two attached hydrogens (primary N) is 1. The molecule has 0 aliphatic rings. The molecule has 0 saturated carbocycles. The zero-order chi connectivity index (χ0) is 10.1. The molecule has 0 fully saturated rings. The van der Waals surface area contributed by atoms with Crippen molar-refractivity contribution in [3.8, 4) is 0 Å². The van der Waals surface area contributed by atoms with Crippen molar-refractivity contribution in [2.75, 3.05) is 6.61 Å². The third kappa shape index (κ3) is 15.9. The van der Waals surface area contributed by atoms with Gasteiger partial charge in [-0.15, -0.1) is 0 Å². The summed E-state index contributed by atoms with van der Waals surface area (Å²) in [6, 6.07) is 0. The Bertz CT molecular complexity index is 153. The number of carbonyl (C=O) groups is 1. The summed E-state index contributed by atoms with van der Waals surface area (Å²) in [5, 5.41) is 0. The Hall–Kier alpha value is -1.27. The van der Waals surface area contributed by atoms with Crippen LogP contribution < -0.4 is 5.73 Å². The summed E-state index contributed by atoms with van der Waals surface area (Å²) in [6.07, 6.45) is -6.53. The van der Waals surface area contributed by atoms with E-state index in [-0.39, 0.29) is 0 Å². The average Bonchev–Trinajstić information content (AvgIpc) is 1.87. The summed E-state index contributed by atoms with van der Waals surface area (Å²) < 4.78 is 45.3. The molecule has 0 aromatic carbocycles. The minimum atomic E-state index is -2.91. The number of rotatable bonds is 1. The van der Waals surface area contributed by atoms with E-state index in [1.165, 1.54) is 0 Å². The van der Waals surface area contributed by atoms with Crippen molar-refractivity contribution >= 4 is 6.09 Å². The molecule has 0 aromatic rings. The molecule has 2 N–H and O–H groups in total. The lowest BCUT2D eigenvalue weighted by atomic mass is 10.9. The van der Waals surface area contributed by atoms with Crippen LogP contribution in [0.2, 0.25) is 0 Å². The molecule has 0 saturated heterocycles. The summed E-state index contributed by atoms with van der Waals surface area (Å²) in [7, 11) is 0. The monoisotopic (exact) mass is 189 g/mol. The van der Waals surface area contributed by atoms with Crippen molar-refractivity contribution in [3.63, 3.8) is 0 Å². The Kier molecular flexibility index (Phi) is 8.70. The van der Waals surface area contributed by atoms with Crippen molar-refractivity contribution in [1.29, 1.82) is 0 Å². The number of amides is 1. The second-order valence-corrected chi connectivity index (χ2v) is 1.27. The SMILES string of the molecule is CCOC(N)=O.FC(F)=C(F)F. The highest BCUT2D eigenvalue weighted by Crippen LogP contribution is 2.08. The van der Waals surface area contributed by atoms with Gasteiger partial charge in [0, 0.05) is 0 Å². The molecule has 0 heterocycles. The van der Waals surface area contributed by atoms with Gasteiger partial charge in [0.1, 0.15) is 0 Å². The maximum atomic E-state index is 10.3. The molecule has 0 atom stereocenters. The predicted molar refractivity (Wildman–Crippen MR) is 32.7 cm³/mol. The fraction of sp³-hybridized carbons (Fsp3) is 0.400. The van der Waals surface area contributed by atoms with E-state index in [1.807, 2.05) is 0 Å². The first-order valence-corrected chi connectivity index (χ1v) is 2.70. The molecule has 0 radical (unpaired) electrons.